The van der Waals surface area contributed by atoms with E-state index in [0.717, 1.165) is 42.7 Å². The number of hydrogen-bond acceptors (Lipinski definition) is 3. The molecule has 1 heterocycles. The smallest absolute Gasteiger partial charge is 0.199 e. The molecule has 0 radical (unpaired) electrons. The van der Waals surface area contributed by atoms with Gasteiger partial charge in [-0.05, 0) is 43.0 Å². The topological polar surface area (TPSA) is 38.7 Å². The highest BCUT2D eigenvalue weighted by Gasteiger charge is 2.15. The molecule has 0 aromatic heterocycles. The lowest BCUT2D eigenvalue weighted by molar-refractivity contribution is -0.105. The van der Waals surface area contributed by atoms with Crippen LogP contribution in [0.25, 0.3) is 0 Å². The second-order valence-corrected chi connectivity index (χ2v) is 4.23. The van der Waals surface area contributed by atoms with Gasteiger partial charge in [0.25, 0.3) is 0 Å². The molecule has 2 rings (SSSR count). The van der Waals surface area contributed by atoms with Crippen LogP contribution in [-0.2, 0) is 11.3 Å². The van der Waals surface area contributed by atoms with E-state index in [1.807, 2.05) is 25.1 Å². The first-order valence-electron chi connectivity index (χ1n) is 5.77. The average molecular weight is 222 g/mol. The van der Waals surface area contributed by atoms with E-state index < -0.39 is 0 Å². The molecule has 0 spiro atoms. The van der Waals surface area contributed by atoms with Gasteiger partial charge in [-0.25, -0.2) is 0 Å². The Labute approximate surface area is 96.0 Å². The number of aryl methyl sites for hydroxylation is 1. The van der Waals surface area contributed by atoms with Gasteiger partial charge in [-0.3, -0.25) is 0 Å². The fourth-order valence-corrected chi connectivity index (χ4v) is 1.94. The molecule has 1 aliphatic heterocycles. The Hall–Kier alpha value is -1.06. The highest BCUT2D eigenvalue weighted by atomic mass is 16.7. The van der Waals surface area contributed by atoms with Crippen LogP contribution in [0, 0.1) is 6.92 Å². The number of aliphatic hydroxyl groups is 1. The Morgan fingerprint density at radius 2 is 2.25 bits per heavy atom. The Morgan fingerprint density at radius 1 is 1.38 bits per heavy atom. The lowest BCUT2D eigenvalue weighted by Gasteiger charge is -2.23. The van der Waals surface area contributed by atoms with Crippen molar-refractivity contribution >= 4 is 0 Å². The van der Waals surface area contributed by atoms with E-state index in [1.165, 1.54) is 0 Å². The van der Waals surface area contributed by atoms with Gasteiger partial charge in [-0.15, -0.1) is 0 Å². The van der Waals surface area contributed by atoms with Crippen LogP contribution in [0.1, 0.15) is 30.4 Å². The first-order chi connectivity index (χ1) is 7.78. The summed E-state index contributed by atoms with van der Waals surface area (Å²) in [5.74, 6) is 0.788. The molecule has 3 nitrogen and oxygen atoms in total. The van der Waals surface area contributed by atoms with Crippen LogP contribution in [0.4, 0.5) is 0 Å². The predicted octanol–water partition coefficient (Wildman–Crippen LogP) is 2.39. The maximum absolute atomic E-state index is 9.11. The molecule has 1 N–H and O–H groups in total. The molecule has 3 heteroatoms. The van der Waals surface area contributed by atoms with Crippen molar-refractivity contribution in [1.82, 2.24) is 0 Å². The summed E-state index contributed by atoms with van der Waals surface area (Å²) in [6, 6.07) is 5.79. The zero-order valence-electron chi connectivity index (χ0n) is 9.61. The summed E-state index contributed by atoms with van der Waals surface area (Å²) in [7, 11) is 0. The van der Waals surface area contributed by atoms with Crippen LogP contribution in [-0.4, -0.2) is 18.0 Å². The van der Waals surface area contributed by atoms with Crippen LogP contribution in [0.3, 0.4) is 0 Å². The largest absolute Gasteiger partial charge is 0.465 e. The molecular weight excluding hydrogens is 204 g/mol. The normalized spacial score (nSPS) is 20.8. The van der Waals surface area contributed by atoms with Crippen LogP contribution >= 0.6 is 0 Å². The van der Waals surface area contributed by atoms with Crippen LogP contribution in [0.2, 0.25) is 0 Å². The summed E-state index contributed by atoms with van der Waals surface area (Å²) in [6.07, 6.45) is 3.10. The maximum Gasteiger partial charge on any atom is 0.199 e. The number of ether oxygens (including phenoxy) is 2. The van der Waals surface area contributed by atoms with E-state index in [0.29, 0.717) is 0 Å². The molecule has 1 fully saturated rings. The third kappa shape index (κ3) is 2.97. The average Bonchev–Trinajstić information content (AvgIpc) is 2.29. The minimum Gasteiger partial charge on any atom is -0.465 e. The number of aliphatic hydroxyl groups excluding tert-OH is 1. The van der Waals surface area contributed by atoms with Gasteiger partial charge in [0, 0.05) is 6.42 Å². The van der Waals surface area contributed by atoms with Crippen molar-refractivity contribution in [3.63, 3.8) is 0 Å². The number of hydrogen-bond donors (Lipinski definition) is 1. The maximum atomic E-state index is 9.11. The van der Waals surface area contributed by atoms with Crippen LogP contribution < -0.4 is 4.74 Å². The third-order valence-electron chi connectivity index (χ3n) is 2.70. The highest BCUT2D eigenvalue weighted by molar-refractivity contribution is 5.33. The SMILES string of the molecule is Cc1cc(CO)cc(OC2CCCCO2)c1. The standard InChI is InChI=1S/C13H18O3/c1-10-6-11(9-14)8-12(7-10)16-13-4-2-3-5-15-13/h6-8,13-14H,2-5,9H2,1H3. The predicted molar refractivity (Wildman–Crippen MR) is 61.3 cm³/mol. The molecule has 1 aliphatic rings. The molecule has 0 bridgehead atoms. The van der Waals surface area contributed by atoms with Gasteiger partial charge in [0.2, 0.25) is 0 Å². The summed E-state index contributed by atoms with van der Waals surface area (Å²) in [6.45, 7) is 2.82. The van der Waals surface area contributed by atoms with E-state index in [1.54, 1.807) is 0 Å². The van der Waals surface area contributed by atoms with Gasteiger partial charge in [0.15, 0.2) is 6.29 Å². The molecule has 1 unspecified atom stereocenters. The van der Waals surface area contributed by atoms with Gasteiger partial charge in [0.1, 0.15) is 5.75 Å². The van der Waals surface area contributed by atoms with Gasteiger partial charge < -0.3 is 14.6 Å². The summed E-state index contributed by atoms with van der Waals surface area (Å²) >= 11 is 0. The van der Waals surface area contributed by atoms with Gasteiger partial charge >= 0.3 is 0 Å². The molecule has 0 amide bonds. The molecule has 1 saturated heterocycles. The Balaban J connectivity index is 2.04. The first-order valence-corrected chi connectivity index (χ1v) is 5.77. The molecule has 1 aromatic carbocycles. The molecule has 0 aliphatic carbocycles. The van der Waals surface area contributed by atoms with Crippen molar-refractivity contribution in [2.75, 3.05) is 6.61 Å². The summed E-state index contributed by atoms with van der Waals surface area (Å²) in [5.41, 5.74) is 1.98. The second kappa shape index (κ2) is 5.32. The van der Waals surface area contributed by atoms with Crippen molar-refractivity contribution in [1.29, 1.82) is 0 Å². The van der Waals surface area contributed by atoms with Gasteiger partial charge in [-0.1, -0.05) is 6.07 Å². The zero-order valence-corrected chi connectivity index (χ0v) is 9.61. The first kappa shape index (κ1) is 11.4. The van der Waals surface area contributed by atoms with Crippen molar-refractivity contribution in [2.24, 2.45) is 0 Å². The third-order valence-corrected chi connectivity index (χ3v) is 2.70. The molecule has 1 atom stereocenters. The Kier molecular flexibility index (Phi) is 3.80. The van der Waals surface area contributed by atoms with E-state index in [4.69, 9.17) is 14.6 Å². The fraction of sp³-hybridized carbons (Fsp3) is 0.538. The van der Waals surface area contributed by atoms with E-state index >= 15 is 0 Å². The minimum absolute atomic E-state index is 0.0452. The summed E-state index contributed by atoms with van der Waals surface area (Å²) in [4.78, 5) is 0. The minimum atomic E-state index is -0.123. The number of rotatable bonds is 3. The summed E-state index contributed by atoms with van der Waals surface area (Å²) in [5, 5.41) is 9.11. The fourth-order valence-electron chi connectivity index (χ4n) is 1.94. The highest BCUT2D eigenvalue weighted by Crippen LogP contribution is 2.22. The Bertz CT molecular complexity index is 343. The Morgan fingerprint density at radius 3 is 2.94 bits per heavy atom. The van der Waals surface area contributed by atoms with Crippen molar-refractivity contribution in [3.8, 4) is 5.75 Å². The van der Waals surface area contributed by atoms with Gasteiger partial charge in [0.05, 0.1) is 13.2 Å². The van der Waals surface area contributed by atoms with E-state index in [9.17, 15) is 0 Å². The van der Waals surface area contributed by atoms with Gasteiger partial charge in [-0.2, -0.15) is 0 Å². The molecule has 0 saturated carbocycles. The van der Waals surface area contributed by atoms with E-state index in [2.05, 4.69) is 0 Å². The monoisotopic (exact) mass is 222 g/mol. The van der Waals surface area contributed by atoms with E-state index in [-0.39, 0.29) is 12.9 Å². The molecular formula is C13H18O3. The molecule has 1 aromatic rings. The van der Waals surface area contributed by atoms with Crippen molar-refractivity contribution in [3.05, 3.63) is 29.3 Å². The lowest BCUT2D eigenvalue weighted by atomic mass is 10.1. The lowest BCUT2D eigenvalue weighted by Crippen LogP contribution is -2.25. The molecule has 16 heavy (non-hydrogen) atoms. The van der Waals surface area contributed by atoms with Crippen molar-refractivity contribution < 1.29 is 14.6 Å². The van der Waals surface area contributed by atoms with Crippen LogP contribution in [0.15, 0.2) is 18.2 Å². The molecule has 88 valence electrons. The second-order valence-electron chi connectivity index (χ2n) is 4.23. The summed E-state index contributed by atoms with van der Waals surface area (Å²) < 4.78 is 11.3. The quantitative estimate of drug-likeness (QED) is 0.853. The van der Waals surface area contributed by atoms with Crippen LogP contribution in [0.5, 0.6) is 5.75 Å². The zero-order chi connectivity index (χ0) is 11.4. The number of benzene rings is 1. The van der Waals surface area contributed by atoms with Crippen molar-refractivity contribution in [2.45, 2.75) is 39.1 Å².